The molecule has 1 saturated heterocycles. The molecule has 9 aromatic rings. The highest BCUT2D eigenvalue weighted by molar-refractivity contribution is 9.10. The number of aromatic nitrogens is 9. The second-order valence-corrected chi connectivity index (χ2v) is 22.6. The highest BCUT2D eigenvalue weighted by Crippen LogP contribution is 2.68. The maximum Gasteiger partial charge on any atom is 0.497 e. The Kier molecular flexibility index (Phi) is 14.4. The van der Waals surface area contributed by atoms with Gasteiger partial charge in [0.2, 0.25) is 0 Å². The molecule has 2 aliphatic carbocycles. The Labute approximate surface area is 467 Å². The second kappa shape index (κ2) is 20.6. The number of halogens is 8. The van der Waals surface area contributed by atoms with E-state index in [4.69, 9.17) is 31.5 Å². The van der Waals surface area contributed by atoms with Crippen LogP contribution in [0.3, 0.4) is 0 Å². The molecule has 5 aromatic heterocycles. The van der Waals surface area contributed by atoms with Gasteiger partial charge in [0, 0.05) is 67.1 Å². The minimum atomic E-state index is -5.02. The summed E-state index contributed by atoms with van der Waals surface area (Å²) in [7, 11) is -0.409. The van der Waals surface area contributed by atoms with Gasteiger partial charge in [0.15, 0.2) is 28.9 Å². The smallest absolute Gasteiger partial charge is 0.399 e. The molecule has 2 fully saturated rings. The Balaban J connectivity index is 0.000000197. The third-order valence-corrected chi connectivity index (χ3v) is 15.5. The lowest BCUT2D eigenvalue weighted by Crippen LogP contribution is -2.41. The lowest BCUT2D eigenvalue weighted by Gasteiger charge is -2.32. The van der Waals surface area contributed by atoms with Gasteiger partial charge >= 0.3 is 13.3 Å². The number of H-pyrrole nitrogens is 3. The summed E-state index contributed by atoms with van der Waals surface area (Å²) in [4.78, 5) is 18.6. The van der Waals surface area contributed by atoms with E-state index in [1.165, 1.54) is 13.8 Å². The monoisotopic (exact) mass is 1180 g/mol. The summed E-state index contributed by atoms with van der Waals surface area (Å²) in [6, 6.07) is 22.8. The fourth-order valence-electron chi connectivity index (χ4n) is 10.2. The van der Waals surface area contributed by atoms with Gasteiger partial charge in [0.1, 0.15) is 35.2 Å². The van der Waals surface area contributed by atoms with Crippen molar-refractivity contribution in [3.8, 4) is 23.0 Å². The standard InChI is InChI=1S/C36H29F7N6O2.C13H18BN3O2.C7H6BrN3/c1-34(2,51)9-8-21-6-7-24(23-4-3-5-25-30(23)46-47-33(25)44)29(45-21)18(10-17-11-19(37)14-20(38)12-17)13-22(50)16-49-32-28(31(48-49)36(41,42)43)26-15-27(26)35(32,39)40;1-12(2)13(3,4)19-14(18-12)9-7-5-6-8-10(9)16-17-11(8)15;8-5-3-1-2-4-6(5)10-11-7(4)9/h3-7,11-12,14,18,26-27,51H,10,13,15-16H2,1-2H3,(H3,44,46,47);5-7H,1-4H3,(H3,15,16,17);1-3H,(H3,9,10,11)/t18-,26+,27-;;/m1../s1. The van der Waals surface area contributed by atoms with E-state index in [0.717, 1.165) is 43.9 Å². The molecule has 0 bridgehead atoms. The van der Waals surface area contributed by atoms with E-state index >= 15 is 8.78 Å². The Bertz CT molecular complexity index is 3950. The number of aromatic amines is 3. The van der Waals surface area contributed by atoms with Crippen LogP contribution in [-0.2, 0) is 39.2 Å². The number of ketones is 1. The zero-order valence-electron chi connectivity index (χ0n) is 44.3. The number of hydrogen-bond acceptors (Lipinski definition) is 12. The highest BCUT2D eigenvalue weighted by atomic mass is 79.9. The molecule has 1 aliphatic heterocycles. The van der Waals surface area contributed by atoms with Crippen molar-refractivity contribution in [2.75, 3.05) is 17.2 Å². The number of carbonyl (C=O) groups excluding carboxylic acids is 1. The van der Waals surface area contributed by atoms with Gasteiger partial charge in [-0.25, -0.2) is 13.8 Å². The lowest BCUT2D eigenvalue weighted by atomic mass is 9.78. The number of pyridine rings is 1. The van der Waals surface area contributed by atoms with Crippen molar-refractivity contribution in [2.24, 2.45) is 5.92 Å². The van der Waals surface area contributed by atoms with Gasteiger partial charge in [-0.05, 0) is 136 Å². The molecule has 6 heterocycles. The number of fused-ring (bicyclic) bond motifs is 6. The predicted molar refractivity (Wildman–Crippen MR) is 296 cm³/mol. The Morgan fingerprint density at radius 2 is 1.40 bits per heavy atom. The third-order valence-electron chi connectivity index (χ3n) is 14.9. The van der Waals surface area contributed by atoms with Crippen molar-refractivity contribution in [1.82, 2.24) is 45.4 Å². The number of aliphatic hydroxyl groups is 1. The van der Waals surface area contributed by atoms with Crippen LogP contribution < -0.4 is 22.7 Å². The lowest BCUT2D eigenvalue weighted by molar-refractivity contribution is -0.142. The van der Waals surface area contributed by atoms with Crippen LogP contribution in [0, 0.1) is 29.4 Å². The number of para-hydroxylation sites is 3. The molecule has 16 nitrogen and oxygen atoms in total. The van der Waals surface area contributed by atoms with Crippen LogP contribution >= 0.6 is 15.9 Å². The van der Waals surface area contributed by atoms with Gasteiger partial charge in [-0.15, -0.1) is 0 Å². The molecule has 3 atom stereocenters. The normalized spacial score (nSPS) is 17.9. The molecule has 0 unspecified atom stereocenters. The first kappa shape index (κ1) is 56.5. The van der Waals surface area contributed by atoms with E-state index in [1.54, 1.807) is 30.3 Å². The van der Waals surface area contributed by atoms with Crippen LogP contribution in [0.15, 0.2) is 89.4 Å². The van der Waals surface area contributed by atoms with Gasteiger partial charge in [-0.1, -0.05) is 36.3 Å². The average molecular weight is 1180 g/mol. The summed E-state index contributed by atoms with van der Waals surface area (Å²) in [5.41, 5.74) is 17.1. The number of carbonyl (C=O) groups is 1. The average Bonchev–Trinajstić information content (AvgIpc) is 3.71. The van der Waals surface area contributed by atoms with Crippen LogP contribution in [0.4, 0.5) is 48.2 Å². The van der Waals surface area contributed by atoms with E-state index in [-0.39, 0.29) is 46.8 Å². The summed E-state index contributed by atoms with van der Waals surface area (Å²) in [6.07, 6.45) is -5.83. The summed E-state index contributed by atoms with van der Waals surface area (Å²) in [6.45, 7) is 10.1. The number of benzene rings is 4. The number of nitrogen functional groups attached to an aromatic ring is 3. The molecule has 12 rings (SSSR count). The number of nitrogens with two attached hydrogens (primary N) is 3. The van der Waals surface area contributed by atoms with Crippen molar-refractivity contribution >= 4 is 84.5 Å². The molecule has 0 amide bonds. The largest absolute Gasteiger partial charge is 0.497 e. The molecule has 420 valence electrons. The highest BCUT2D eigenvalue weighted by Gasteiger charge is 2.68. The molecular weight excluding hydrogens is 1130 g/mol. The molecule has 25 heteroatoms. The number of nitrogens with one attached hydrogen (secondary N) is 3. The summed E-state index contributed by atoms with van der Waals surface area (Å²) in [5, 5.41) is 36.8. The van der Waals surface area contributed by atoms with Crippen molar-refractivity contribution in [1.29, 1.82) is 0 Å². The van der Waals surface area contributed by atoms with Gasteiger partial charge in [0.05, 0.1) is 33.4 Å². The molecule has 3 aliphatic rings. The molecule has 10 N–H and O–H groups in total. The second-order valence-electron chi connectivity index (χ2n) is 21.8. The fourth-order valence-corrected chi connectivity index (χ4v) is 10.7. The predicted octanol–water partition coefficient (Wildman–Crippen LogP) is 10.4. The van der Waals surface area contributed by atoms with E-state index in [1.807, 2.05) is 64.1 Å². The van der Waals surface area contributed by atoms with Crippen molar-refractivity contribution < 1.29 is 49.9 Å². The molecule has 0 spiro atoms. The number of Topliss-reactive ketones (excluding diaryl/α,β-unsaturated/α-hetero) is 1. The van der Waals surface area contributed by atoms with Crippen LogP contribution in [-0.4, -0.2) is 80.2 Å². The molecule has 0 radical (unpaired) electrons. The number of nitrogens with zero attached hydrogens (tertiary/aromatic N) is 6. The number of alkyl halides is 5. The maximum absolute atomic E-state index is 15.3. The summed E-state index contributed by atoms with van der Waals surface area (Å²) < 4.78 is 115. The molecule has 1 saturated carbocycles. The van der Waals surface area contributed by atoms with Gasteiger partial charge in [0.25, 0.3) is 5.92 Å². The number of hydrogen-bond donors (Lipinski definition) is 7. The first-order valence-electron chi connectivity index (χ1n) is 25.5. The molecule has 81 heavy (non-hydrogen) atoms. The van der Waals surface area contributed by atoms with E-state index in [2.05, 4.69) is 63.5 Å². The van der Waals surface area contributed by atoms with Crippen molar-refractivity contribution in [3.63, 3.8) is 0 Å². The topological polar surface area (TPSA) is 251 Å². The van der Waals surface area contributed by atoms with Crippen molar-refractivity contribution in [2.45, 2.75) is 108 Å². The zero-order valence-corrected chi connectivity index (χ0v) is 45.9. The molecule has 4 aromatic carbocycles. The van der Waals surface area contributed by atoms with Crippen LogP contribution in [0.25, 0.3) is 43.8 Å². The first-order chi connectivity index (χ1) is 38.0. The minimum absolute atomic E-state index is 0.106. The van der Waals surface area contributed by atoms with E-state index < -0.39 is 89.9 Å². The van der Waals surface area contributed by atoms with Gasteiger partial charge in [-0.2, -0.15) is 42.3 Å². The van der Waals surface area contributed by atoms with E-state index in [0.29, 0.717) is 44.4 Å². The Morgan fingerprint density at radius 3 is 2.00 bits per heavy atom. The molecular formula is C56H53BBrF7N12O4. The van der Waals surface area contributed by atoms with Crippen LogP contribution in [0.2, 0.25) is 0 Å². The minimum Gasteiger partial charge on any atom is -0.399 e. The van der Waals surface area contributed by atoms with Gasteiger partial charge in [-0.3, -0.25) is 24.8 Å². The number of anilines is 3. The fraction of sp³-hybridized carbons (Fsp3) is 0.321. The first-order valence-corrected chi connectivity index (χ1v) is 26.3. The summed E-state index contributed by atoms with van der Waals surface area (Å²) in [5.74, 6) is -2.80. The van der Waals surface area contributed by atoms with Crippen LogP contribution in [0.5, 0.6) is 0 Å². The van der Waals surface area contributed by atoms with E-state index in [9.17, 15) is 31.9 Å². The van der Waals surface area contributed by atoms with Crippen molar-refractivity contribution in [3.05, 3.63) is 135 Å². The van der Waals surface area contributed by atoms with Crippen LogP contribution in [0.1, 0.15) is 100 Å². The summed E-state index contributed by atoms with van der Waals surface area (Å²) >= 11 is 3.38. The third kappa shape index (κ3) is 11.1. The SMILES string of the molecule is CC(C)(O)C#Cc1ccc(-c2cccc3c(N)n[nH]c23)c([C@@H](CC(=O)Cn2nc(C(F)(F)F)c3c2C(F)(F)[C@@H]2C[C@H]32)Cc2cc(F)cc(F)c2)n1.CC1(C)OB(c2cccc3c(N)n[nH]c23)OC1(C)C.Nc1n[nH]c2c(Br)cccc12. The maximum atomic E-state index is 15.3. The Morgan fingerprint density at radius 1 is 0.827 bits per heavy atom. The van der Waals surface area contributed by atoms with Gasteiger partial charge < -0.3 is 31.6 Å². The quantitative estimate of drug-likeness (QED) is 0.0405. The zero-order chi connectivity index (χ0) is 58.3. The Hall–Kier alpha value is -7.79. The number of rotatable bonds is 9.